The van der Waals surface area contributed by atoms with Crippen LogP contribution in [0.2, 0.25) is 5.02 Å². The van der Waals surface area contributed by atoms with Crippen molar-refractivity contribution in [1.29, 1.82) is 0 Å². The first-order valence-electron chi connectivity index (χ1n) is 10.6. The molecule has 0 aliphatic rings. The van der Waals surface area contributed by atoms with Crippen LogP contribution in [0.3, 0.4) is 0 Å². The number of ether oxygens (including phenoxy) is 2. The molecule has 0 unspecified atom stereocenters. The molecule has 0 saturated heterocycles. The fourth-order valence-electron chi connectivity index (χ4n) is 3.22. The van der Waals surface area contributed by atoms with Crippen molar-refractivity contribution in [2.24, 2.45) is 0 Å². The fourth-order valence-corrected chi connectivity index (χ4v) is 3.49. The van der Waals surface area contributed by atoms with E-state index in [1.54, 1.807) is 57.2 Å². The van der Waals surface area contributed by atoms with Crippen molar-refractivity contribution < 1.29 is 19.1 Å². The summed E-state index contributed by atoms with van der Waals surface area (Å²) in [5, 5.41) is 15.7. The monoisotopic (exact) mass is 471 g/mol. The maximum Gasteiger partial charge on any atom is 0.308 e. The Labute approximate surface area is 197 Å². The molecule has 1 aromatic carbocycles. The highest BCUT2D eigenvalue weighted by Crippen LogP contribution is 2.26. The zero-order valence-corrected chi connectivity index (χ0v) is 19.7. The van der Waals surface area contributed by atoms with E-state index in [9.17, 15) is 9.59 Å². The lowest BCUT2D eigenvalue weighted by Crippen LogP contribution is -2.31. The van der Waals surface area contributed by atoms with E-state index in [2.05, 4.69) is 20.6 Å². The molecule has 1 amide bonds. The molecule has 2 heterocycles. The van der Waals surface area contributed by atoms with E-state index >= 15 is 0 Å². The molecular formula is C23H26ClN5O4. The third-order valence-electron chi connectivity index (χ3n) is 4.71. The van der Waals surface area contributed by atoms with E-state index in [0.717, 1.165) is 0 Å². The molecule has 3 aromatic rings. The number of halogens is 1. The second-order valence-electron chi connectivity index (χ2n) is 7.51. The van der Waals surface area contributed by atoms with E-state index in [1.165, 1.54) is 10.9 Å². The molecule has 9 nitrogen and oxygen atoms in total. The van der Waals surface area contributed by atoms with Crippen molar-refractivity contribution in [2.45, 2.75) is 46.3 Å². The first kappa shape index (κ1) is 24.2. The minimum absolute atomic E-state index is 0.0643. The molecule has 174 valence electrons. The average Bonchev–Trinajstić information content (AvgIpc) is 3.15. The van der Waals surface area contributed by atoms with Gasteiger partial charge < -0.3 is 14.8 Å². The lowest BCUT2D eigenvalue weighted by molar-refractivity contribution is -0.147. The number of carbonyl (C=O) groups excluding carboxylic acids is 2. The molecule has 0 radical (unpaired) electrons. The number of amides is 1. The molecule has 33 heavy (non-hydrogen) atoms. The van der Waals surface area contributed by atoms with Crippen LogP contribution in [0.15, 0.2) is 42.6 Å². The second-order valence-corrected chi connectivity index (χ2v) is 7.92. The van der Waals surface area contributed by atoms with Gasteiger partial charge in [-0.15, -0.1) is 10.2 Å². The van der Waals surface area contributed by atoms with Crippen LogP contribution in [-0.2, 0) is 9.53 Å². The summed E-state index contributed by atoms with van der Waals surface area (Å²) < 4.78 is 12.1. The number of nitrogens with zero attached hydrogens (tertiary/aromatic N) is 4. The van der Waals surface area contributed by atoms with Crippen LogP contribution in [0, 0.1) is 6.92 Å². The van der Waals surface area contributed by atoms with Crippen LogP contribution in [0.1, 0.15) is 54.8 Å². The molecule has 3 rings (SSSR count). The number of rotatable bonds is 9. The Morgan fingerprint density at radius 3 is 2.55 bits per heavy atom. The van der Waals surface area contributed by atoms with Gasteiger partial charge in [0, 0.05) is 11.1 Å². The van der Waals surface area contributed by atoms with Crippen molar-refractivity contribution in [3.05, 3.63) is 64.4 Å². The Kier molecular flexibility index (Phi) is 8.00. The molecule has 1 atom stereocenters. The van der Waals surface area contributed by atoms with Gasteiger partial charge >= 0.3 is 5.97 Å². The molecular weight excluding hydrogens is 446 g/mol. The van der Waals surface area contributed by atoms with Crippen LogP contribution in [0.5, 0.6) is 5.88 Å². The third kappa shape index (κ3) is 6.07. The molecule has 2 aromatic heterocycles. The predicted octanol–water partition coefficient (Wildman–Crippen LogP) is 3.84. The molecule has 1 N–H and O–H groups in total. The summed E-state index contributed by atoms with van der Waals surface area (Å²) in [7, 11) is 0. The number of carbonyl (C=O) groups is 2. The third-order valence-corrected chi connectivity index (χ3v) is 5.06. The molecule has 0 aliphatic heterocycles. The highest BCUT2D eigenvalue weighted by atomic mass is 35.5. The van der Waals surface area contributed by atoms with E-state index in [-0.39, 0.29) is 12.5 Å². The predicted molar refractivity (Wildman–Crippen MR) is 123 cm³/mol. The van der Waals surface area contributed by atoms with Crippen LogP contribution in [-0.4, -0.2) is 44.6 Å². The van der Waals surface area contributed by atoms with Crippen LogP contribution >= 0.6 is 11.6 Å². The Morgan fingerprint density at radius 1 is 1.15 bits per heavy atom. The van der Waals surface area contributed by atoms with E-state index in [4.69, 9.17) is 21.1 Å². The molecule has 0 saturated carbocycles. The van der Waals surface area contributed by atoms with Gasteiger partial charge in [-0.1, -0.05) is 29.8 Å². The summed E-state index contributed by atoms with van der Waals surface area (Å²) in [6.45, 7) is 7.62. The topological polar surface area (TPSA) is 108 Å². The van der Waals surface area contributed by atoms with Crippen molar-refractivity contribution in [2.75, 3.05) is 6.61 Å². The summed E-state index contributed by atoms with van der Waals surface area (Å²) in [6, 6.07) is 9.75. The number of hydrogen-bond acceptors (Lipinski definition) is 7. The molecule has 0 aliphatic carbocycles. The summed E-state index contributed by atoms with van der Waals surface area (Å²) in [5.41, 5.74) is 1.52. The minimum atomic E-state index is -0.675. The molecule has 0 fully saturated rings. The number of hydrogen-bond donors (Lipinski definition) is 1. The number of aromatic nitrogens is 4. The molecule has 10 heteroatoms. The van der Waals surface area contributed by atoms with E-state index < -0.39 is 17.9 Å². The summed E-state index contributed by atoms with van der Waals surface area (Å²) in [6.07, 6.45) is 1.11. The minimum Gasteiger partial charge on any atom is -0.477 e. The van der Waals surface area contributed by atoms with Gasteiger partial charge in [0.15, 0.2) is 5.82 Å². The molecule has 0 spiro atoms. The van der Waals surface area contributed by atoms with Gasteiger partial charge in [-0.25, -0.2) is 4.68 Å². The van der Waals surface area contributed by atoms with Gasteiger partial charge in [-0.3, -0.25) is 9.59 Å². The van der Waals surface area contributed by atoms with E-state index in [0.29, 0.717) is 40.1 Å². The van der Waals surface area contributed by atoms with Gasteiger partial charge in [-0.05, 0) is 45.4 Å². The largest absolute Gasteiger partial charge is 0.477 e. The van der Waals surface area contributed by atoms with Crippen molar-refractivity contribution >= 4 is 23.5 Å². The van der Waals surface area contributed by atoms with Gasteiger partial charge in [0.05, 0.1) is 42.6 Å². The van der Waals surface area contributed by atoms with Crippen LogP contribution < -0.4 is 10.1 Å². The summed E-state index contributed by atoms with van der Waals surface area (Å²) in [4.78, 5) is 25.5. The zero-order valence-electron chi connectivity index (χ0n) is 18.9. The Balaban J connectivity index is 1.83. The second kappa shape index (κ2) is 10.9. The van der Waals surface area contributed by atoms with Crippen molar-refractivity contribution in [3.63, 3.8) is 0 Å². The highest BCUT2D eigenvalue weighted by molar-refractivity contribution is 6.31. The van der Waals surface area contributed by atoms with Gasteiger partial charge in [0.1, 0.15) is 0 Å². The van der Waals surface area contributed by atoms with Crippen molar-refractivity contribution in [1.82, 2.24) is 25.3 Å². The standard InChI is InChI=1S/C23H26ClN5O4/c1-5-32-21-11-10-20(27-28-21)29-15(4)17(13-25-29)23(31)26-19(12-22(30)33-14(2)3)16-8-6-7-9-18(16)24/h6-11,13-14,19H,5,12H2,1-4H3,(H,26,31)/t19-/m0/s1. The Bertz CT molecular complexity index is 1110. The average molecular weight is 472 g/mol. The zero-order chi connectivity index (χ0) is 24.0. The Morgan fingerprint density at radius 2 is 1.91 bits per heavy atom. The summed E-state index contributed by atoms with van der Waals surface area (Å²) in [5.74, 6) is 0.00488. The summed E-state index contributed by atoms with van der Waals surface area (Å²) >= 11 is 6.34. The van der Waals surface area contributed by atoms with Crippen molar-refractivity contribution in [3.8, 4) is 11.7 Å². The SMILES string of the molecule is CCOc1ccc(-n2ncc(C(=O)N[C@@H](CC(=O)OC(C)C)c3ccccc3Cl)c2C)nn1. The number of nitrogens with one attached hydrogen (secondary N) is 1. The van der Waals surface area contributed by atoms with Gasteiger partial charge in [-0.2, -0.15) is 5.10 Å². The van der Waals surface area contributed by atoms with Crippen LogP contribution in [0.4, 0.5) is 0 Å². The number of benzene rings is 1. The Hall–Kier alpha value is -3.46. The number of esters is 1. The van der Waals surface area contributed by atoms with Gasteiger partial charge in [0.25, 0.3) is 5.91 Å². The normalized spacial score (nSPS) is 11.8. The fraction of sp³-hybridized carbons (Fsp3) is 0.348. The maximum atomic E-state index is 13.1. The quantitative estimate of drug-likeness (QED) is 0.472. The smallest absolute Gasteiger partial charge is 0.308 e. The lowest BCUT2D eigenvalue weighted by atomic mass is 10.0. The van der Waals surface area contributed by atoms with Crippen LogP contribution in [0.25, 0.3) is 5.82 Å². The first-order valence-corrected chi connectivity index (χ1v) is 10.9. The molecule has 0 bridgehead atoms. The van der Waals surface area contributed by atoms with Gasteiger partial charge in [0.2, 0.25) is 5.88 Å². The maximum absolute atomic E-state index is 13.1. The lowest BCUT2D eigenvalue weighted by Gasteiger charge is -2.20. The highest BCUT2D eigenvalue weighted by Gasteiger charge is 2.24. The van der Waals surface area contributed by atoms with E-state index in [1.807, 2.05) is 6.92 Å². The first-order chi connectivity index (χ1) is 15.8.